The number of carbonyl (C=O) groups excluding carboxylic acids is 2. The SMILES string of the molecule is O=C(Nc1ccc(-c2cccc(CO)c2)cc1C(=O)[O-])c1ccc2ccccc2c1.[Li+]. The van der Waals surface area contributed by atoms with Gasteiger partial charge in [0.15, 0.2) is 0 Å². The average Bonchev–Trinajstić information content (AvgIpc) is 2.78. The number of rotatable bonds is 5. The standard InChI is InChI=1S/C25H19NO4.Li/c27-15-16-4-3-7-18(12-16)20-10-11-23(22(14-20)25(29)30)26-24(28)21-9-8-17-5-1-2-6-19(17)13-21;/h1-14,27H,15H2,(H,26,28)(H,29,30);/q;+1/p-1. The van der Waals surface area contributed by atoms with Gasteiger partial charge in [-0.25, -0.2) is 0 Å². The van der Waals surface area contributed by atoms with E-state index in [0.29, 0.717) is 11.1 Å². The Kier molecular flexibility index (Phi) is 6.94. The van der Waals surface area contributed by atoms with Crippen molar-refractivity contribution >= 4 is 28.3 Å². The number of nitrogens with one attached hydrogen (secondary N) is 1. The molecular weight excluding hydrogens is 385 g/mol. The maximum atomic E-state index is 12.7. The molecule has 31 heavy (non-hydrogen) atoms. The maximum Gasteiger partial charge on any atom is 1.00 e. The molecule has 0 aliphatic carbocycles. The van der Waals surface area contributed by atoms with Crippen molar-refractivity contribution in [3.8, 4) is 11.1 Å². The number of anilines is 1. The number of carbonyl (C=O) groups is 2. The van der Waals surface area contributed by atoms with Crippen molar-refractivity contribution in [3.05, 3.63) is 102 Å². The molecule has 148 valence electrons. The summed E-state index contributed by atoms with van der Waals surface area (Å²) in [6.07, 6.45) is 0. The molecular formula is C25H18LiNO4. The van der Waals surface area contributed by atoms with Gasteiger partial charge in [-0.1, -0.05) is 54.6 Å². The first-order valence-electron chi connectivity index (χ1n) is 9.41. The molecule has 1 amide bonds. The first-order valence-corrected chi connectivity index (χ1v) is 9.41. The molecule has 0 saturated carbocycles. The summed E-state index contributed by atoms with van der Waals surface area (Å²) in [4.78, 5) is 24.4. The zero-order chi connectivity index (χ0) is 21.1. The minimum Gasteiger partial charge on any atom is -0.545 e. The first kappa shape index (κ1) is 22.3. The van der Waals surface area contributed by atoms with Crippen molar-refractivity contribution in [1.29, 1.82) is 0 Å². The van der Waals surface area contributed by atoms with Crippen LogP contribution in [0, 0.1) is 0 Å². The number of aromatic carboxylic acids is 1. The number of amides is 1. The second kappa shape index (κ2) is 9.63. The third-order valence-corrected chi connectivity index (χ3v) is 4.94. The monoisotopic (exact) mass is 403 g/mol. The van der Waals surface area contributed by atoms with E-state index in [4.69, 9.17) is 0 Å². The number of fused-ring (bicyclic) bond motifs is 1. The Hall–Kier alpha value is -3.36. The minimum atomic E-state index is -1.39. The van der Waals surface area contributed by atoms with Crippen LogP contribution in [0.5, 0.6) is 0 Å². The van der Waals surface area contributed by atoms with Crippen LogP contribution in [0.2, 0.25) is 0 Å². The molecule has 4 rings (SSSR count). The van der Waals surface area contributed by atoms with Crippen LogP contribution in [0.25, 0.3) is 21.9 Å². The Labute approximate surface area is 191 Å². The Bertz CT molecular complexity index is 1270. The van der Waals surface area contributed by atoms with E-state index in [2.05, 4.69) is 5.32 Å². The fourth-order valence-corrected chi connectivity index (χ4v) is 3.38. The number of benzene rings is 4. The molecule has 0 aliphatic rings. The summed E-state index contributed by atoms with van der Waals surface area (Å²) in [7, 11) is 0. The second-order valence-electron chi connectivity index (χ2n) is 6.92. The van der Waals surface area contributed by atoms with E-state index in [-0.39, 0.29) is 36.7 Å². The van der Waals surface area contributed by atoms with Crippen LogP contribution >= 0.6 is 0 Å². The smallest absolute Gasteiger partial charge is 0.545 e. The van der Waals surface area contributed by atoms with Crippen molar-refractivity contribution in [2.24, 2.45) is 0 Å². The normalized spacial score (nSPS) is 10.4. The van der Waals surface area contributed by atoms with E-state index in [1.165, 1.54) is 6.07 Å². The molecule has 6 heteroatoms. The fraction of sp³-hybridized carbons (Fsp3) is 0.0400. The van der Waals surface area contributed by atoms with Crippen LogP contribution in [0.15, 0.2) is 84.9 Å². The van der Waals surface area contributed by atoms with Gasteiger partial charge >= 0.3 is 18.9 Å². The van der Waals surface area contributed by atoms with Gasteiger partial charge in [-0.05, 0) is 57.8 Å². The van der Waals surface area contributed by atoms with Gasteiger partial charge in [0.1, 0.15) is 0 Å². The summed E-state index contributed by atoms with van der Waals surface area (Å²) < 4.78 is 0. The molecule has 0 bridgehead atoms. The molecule has 0 radical (unpaired) electrons. The minimum absolute atomic E-state index is 0. The fourth-order valence-electron chi connectivity index (χ4n) is 3.38. The van der Waals surface area contributed by atoms with E-state index < -0.39 is 11.9 Å². The Morgan fingerprint density at radius 3 is 2.29 bits per heavy atom. The number of carboxylic acid groups (broad SMARTS) is 1. The van der Waals surface area contributed by atoms with E-state index in [9.17, 15) is 19.8 Å². The third-order valence-electron chi connectivity index (χ3n) is 4.94. The Morgan fingerprint density at radius 1 is 0.806 bits per heavy atom. The zero-order valence-corrected chi connectivity index (χ0v) is 17.0. The number of aliphatic hydroxyl groups is 1. The number of aliphatic hydroxyl groups excluding tert-OH is 1. The van der Waals surface area contributed by atoms with Crippen LogP contribution in [0.1, 0.15) is 26.3 Å². The zero-order valence-electron chi connectivity index (χ0n) is 17.0. The van der Waals surface area contributed by atoms with Crippen LogP contribution < -0.4 is 29.3 Å². The summed E-state index contributed by atoms with van der Waals surface area (Å²) in [5.41, 5.74) is 2.60. The molecule has 0 spiro atoms. The van der Waals surface area contributed by atoms with Crippen LogP contribution in [0.4, 0.5) is 5.69 Å². The Balaban J connectivity index is 0.00000272. The number of hydrogen-bond donors (Lipinski definition) is 2. The quantitative estimate of drug-likeness (QED) is 0.478. The number of carboxylic acids is 1. The number of hydrogen-bond acceptors (Lipinski definition) is 4. The molecule has 5 nitrogen and oxygen atoms in total. The van der Waals surface area contributed by atoms with Gasteiger partial charge in [0.05, 0.1) is 18.3 Å². The van der Waals surface area contributed by atoms with E-state index in [1.54, 1.807) is 42.5 Å². The van der Waals surface area contributed by atoms with E-state index >= 15 is 0 Å². The summed E-state index contributed by atoms with van der Waals surface area (Å²) in [5, 5.41) is 25.6. The molecule has 0 heterocycles. The van der Waals surface area contributed by atoms with Gasteiger partial charge in [-0.15, -0.1) is 0 Å². The molecule has 0 saturated heterocycles. The van der Waals surface area contributed by atoms with Gasteiger partial charge in [-0.3, -0.25) is 4.79 Å². The van der Waals surface area contributed by atoms with Gasteiger partial charge in [-0.2, -0.15) is 0 Å². The van der Waals surface area contributed by atoms with E-state index in [1.807, 2.05) is 36.4 Å². The van der Waals surface area contributed by atoms with Gasteiger partial charge in [0, 0.05) is 11.1 Å². The topological polar surface area (TPSA) is 89.5 Å². The average molecular weight is 403 g/mol. The maximum absolute atomic E-state index is 12.7. The van der Waals surface area contributed by atoms with Crippen molar-refractivity contribution < 1.29 is 38.7 Å². The van der Waals surface area contributed by atoms with Crippen molar-refractivity contribution in [2.45, 2.75) is 6.61 Å². The molecule has 4 aromatic carbocycles. The summed E-state index contributed by atoms with van der Waals surface area (Å²) in [6.45, 7) is -0.110. The van der Waals surface area contributed by atoms with Crippen LogP contribution in [-0.4, -0.2) is 17.0 Å². The molecule has 0 atom stereocenters. The first-order chi connectivity index (χ1) is 14.5. The van der Waals surface area contributed by atoms with Crippen LogP contribution in [0.3, 0.4) is 0 Å². The summed E-state index contributed by atoms with van der Waals surface area (Å²) >= 11 is 0. The summed E-state index contributed by atoms with van der Waals surface area (Å²) in [6, 6.07) is 24.9. The third kappa shape index (κ3) is 4.87. The van der Waals surface area contributed by atoms with Crippen molar-refractivity contribution in [1.82, 2.24) is 0 Å². The molecule has 4 aromatic rings. The van der Waals surface area contributed by atoms with Gasteiger partial charge < -0.3 is 20.3 Å². The molecule has 2 N–H and O–H groups in total. The molecule has 0 aromatic heterocycles. The predicted molar refractivity (Wildman–Crippen MR) is 114 cm³/mol. The van der Waals surface area contributed by atoms with Gasteiger partial charge in [0.2, 0.25) is 0 Å². The second-order valence-corrected chi connectivity index (χ2v) is 6.92. The summed E-state index contributed by atoms with van der Waals surface area (Å²) in [5.74, 6) is -1.79. The molecule has 0 aliphatic heterocycles. The van der Waals surface area contributed by atoms with Crippen LogP contribution in [-0.2, 0) is 6.61 Å². The largest absolute Gasteiger partial charge is 1.00 e. The van der Waals surface area contributed by atoms with Crippen molar-refractivity contribution in [2.75, 3.05) is 5.32 Å². The Morgan fingerprint density at radius 2 is 1.55 bits per heavy atom. The molecule has 0 unspecified atom stereocenters. The van der Waals surface area contributed by atoms with Gasteiger partial charge in [0.25, 0.3) is 5.91 Å². The van der Waals surface area contributed by atoms with E-state index in [0.717, 1.165) is 21.9 Å². The van der Waals surface area contributed by atoms with Crippen molar-refractivity contribution in [3.63, 3.8) is 0 Å². The molecule has 0 fully saturated rings. The predicted octanol–water partition coefficient (Wildman–Crippen LogP) is 0.619.